The molecule has 1 aromatic carbocycles. The molecule has 0 saturated carbocycles. The highest BCUT2D eigenvalue weighted by Gasteiger charge is 2.42. The summed E-state index contributed by atoms with van der Waals surface area (Å²) < 4.78 is 0.889. The molecule has 0 radical (unpaired) electrons. The van der Waals surface area contributed by atoms with Crippen molar-refractivity contribution in [1.82, 2.24) is 10.2 Å². The van der Waals surface area contributed by atoms with Gasteiger partial charge in [0.2, 0.25) is 0 Å². The molecule has 2 aliphatic rings. The number of carbonyl (C=O) groups is 1. The Balaban J connectivity index is 1.77. The van der Waals surface area contributed by atoms with Crippen LogP contribution in [-0.4, -0.2) is 37.0 Å². The molecule has 1 amide bonds. The van der Waals surface area contributed by atoms with Crippen molar-refractivity contribution in [1.29, 1.82) is 0 Å². The molecule has 1 unspecified atom stereocenters. The minimum atomic E-state index is 0.159. The lowest BCUT2D eigenvalue weighted by molar-refractivity contribution is 0.0775. The van der Waals surface area contributed by atoms with E-state index in [2.05, 4.69) is 21.2 Å². The molecule has 2 heterocycles. The van der Waals surface area contributed by atoms with Gasteiger partial charge in [-0.3, -0.25) is 4.79 Å². The minimum Gasteiger partial charge on any atom is -0.338 e. The predicted octanol–water partition coefficient (Wildman–Crippen LogP) is 2.27. The molecule has 2 aliphatic heterocycles. The van der Waals surface area contributed by atoms with Crippen molar-refractivity contribution >= 4 is 21.8 Å². The average Bonchev–Trinajstić information content (AvgIpc) is 3.00. The largest absolute Gasteiger partial charge is 0.338 e. The molecule has 2 fully saturated rings. The van der Waals surface area contributed by atoms with Gasteiger partial charge in [0, 0.05) is 29.5 Å². The van der Waals surface area contributed by atoms with Gasteiger partial charge in [0.05, 0.1) is 5.56 Å². The monoisotopic (exact) mass is 308 g/mol. The zero-order valence-corrected chi connectivity index (χ0v) is 11.9. The Hall–Kier alpha value is -0.870. The smallest absolute Gasteiger partial charge is 0.255 e. The van der Waals surface area contributed by atoms with Crippen LogP contribution in [0.25, 0.3) is 0 Å². The summed E-state index contributed by atoms with van der Waals surface area (Å²) in [5.74, 6) is 0.159. The highest BCUT2D eigenvalue weighted by Crippen LogP contribution is 2.36. The lowest BCUT2D eigenvalue weighted by atomic mass is 9.86. The zero-order chi connectivity index (χ0) is 12.6. The minimum absolute atomic E-state index is 0.159. The Labute approximate surface area is 116 Å². The number of benzene rings is 1. The second-order valence-corrected chi connectivity index (χ2v) is 6.24. The number of nitrogens with zero attached hydrogens (tertiary/aromatic N) is 1. The van der Waals surface area contributed by atoms with Crippen LogP contribution in [0.2, 0.25) is 0 Å². The van der Waals surface area contributed by atoms with Gasteiger partial charge < -0.3 is 10.2 Å². The van der Waals surface area contributed by atoms with Gasteiger partial charge in [0.25, 0.3) is 5.91 Å². The molecule has 1 spiro atoms. The van der Waals surface area contributed by atoms with Gasteiger partial charge >= 0.3 is 0 Å². The van der Waals surface area contributed by atoms with E-state index in [-0.39, 0.29) is 5.91 Å². The Morgan fingerprint density at radius 2 is 2.17 bits per heavy atom. The predicted molar refractivity (Wildman–Crippen MR) is 74.6 cm³/mol. The molecule has 96 valence electrons. The van der Waals surface area contributed by atoms with Crippen LogP contribution >= 0.6 is 15.9 Å². The van der Waals surface area contributed by atoms with Crippen LogP contribution in [0.4, 0.5) is 0 Å². The van der Waals surface area contributed by atoms with Gasteiger partial charge in [-0.15, -0.1) is 0 Å². The lowest BCUT2D eigenvalue weighted by Gasteiger charge is -2.23. The number of hydrogen-bond acceptors (Lipinski definition) is 2. The molecule has 3 rings (SSSR count). The van der Waals surface area contributed by atoms with Crippen molar-refractivity contribution in [3.8, 4) is 0 Å². The van der Waals surface area contributed by atoms with E-state index in [1.54, 1.807) is 0 Å². The highest BCUT2D eigenvalue weighted by atomic mass is 79.9. The molecule has 2 saturated heterocycles. The van der Waals surface area contributed by atoms with Crippen LogP contribution in [0.5, 0.6) is 0 Å². The number of halogens is 1. The standard InChI is InChI=1S/C14H17BrN2O/c15-12-4-2-1-3-11(12)13(18)17-8-6-14(10-17)5-7-16-9-14/h1-4,16H,5-10H2. The topological polar surface area (TPSA) is 32.3 Å². The fraction of sp³-hybridized carbons (Fsp3) is 0.500. The van der Waals surface area contributed by atoms with Crippen molar-refractivity contribution in [3.05, 3.63) is 34.3 Å². The SMILES string of the molecule is O=C(c1ccccc1Br)N1CCC2(CCNC2)C1. The van der Waals surface area contributed by atoms with Crippen molar-refractivity contribution in [3.63, 3.8) is 0 Å². The third-order valence-corrected chi connectivity index (χ3v) is 4.85. The van der Waals surface area contributed by atoms with Crippen LogP contribution in [0.15, 0.2) is 28.7 Å². The van der Waals surface area contributed by atoms with Crippen LogP contribution in [-0.2, 0) is 0 Å². The van der Waals surface area contributed by atoms with Crippen molar-refractivity contribution in [2.75, 3.05) is 26.2 Å². The summed E-state index contributed by atoms with van der Waals surface area (Å²) in [6, 6.07) is 7.68. The van der Waals surface area contributed by atoms with E-state index < -0.39 is 0 Å². The van der Waals surface area contributed by atoms with Crippen LogP contribution in [0.1, 0.15) is 23.2 Å². The summed E-state index contributed by atoms with van der Waals surface area (Å²) in [6.45, 7) is 3.95. The van der Waals surface area contributed by atoms with Gasteiger partial charge in [0.1, 0.15) is 0 Å². The first-order valence-corrected chi connectivity index (χ1v) is 7.24. The molecule has 0 aromatic heterocycles. The van der Waals surface area contributed by atoms with Crippen molar-refractivity contribution in [2.45, 2.75) is 12.8 Å². The summed E-state index contributed by atoms with van der Waals surface area (Å²) in [4.78, 5) is 14.5. The maximum atomic E-state index is 12.5. The van der Waals surface area contributed by atoms with E-state index in [4.69, 9.17) is 0 Å². The maximum absolute atomic E-state index is 12.5. The highest BCUT2D eigenvalue weighted by molar-refractivity contribution is 9.10. The fourth-order valence-corrected chi connectivity index (χ4v) is 3.51. The van der Waals surface area contributed by atoms with E-state index in [1.165, 1.54) is 6.42 Å². The molecular formula is C14H17BrN2O. The number of amides is 1. The van der Waals surface area contributed by atoms with Crippen LogP contribution in [0, 0.1) is 5.41 Å². The van der Waals surface area contributed by atoms with Crippen LogP contribution < -0.4 is 5.32 Å². The normalized spacial score (nSPS) is 27.1. The summed E-state index contributed by atoms with van der Waals surface area (Å²) in [5, 5.41) is 3.42. The molecule has 1 N–H and O–H groups in total. The fourth-order valence-electron chi connectivity index (χ4n) is 3.06. The number of rotatable bonds is 1. The molecule has 4 heteroatoms. The quantitative estimate of drug-likeness (QED) is 0.863. The molecule has 0 bridgehead atoms. The van der Waals surface area contributed by atoms with Crippen LogP contribution in [0.3, 0.4) is 0 Å². The van der Waals surface area contributed by atoms with Crippen molar-refractivity contribution < 1.29 is 4.79 Å². The Bertz CT molecular complexity index is 469. The first-order chi connectivity index (χ1) is 8.70. The molecule has 1 aromatic rings. The maximum Gasteiger partial charge on any atom is 0.255 e. The van der Waals surface area contributed by atoms with E-state index in [1.807, 2.05) is 29.2 Å². The molecule has 18 heavy (non-hydrogen) atoms. The first kappa shape index (κ1) is 12.2. The summed E-state index contributed by atoms with van der Waals surface area (Å²) in [7, 11) is 0. The van der Waals surface area contributed by atoms with Crippen molar-refractivity contribution in [2.24, 2.45) is 5.41 Å². The van der Waals surface area contributed by atoms with E-state index in [9.17, 15) is 4.79 Å². The molecule has 1 atom stereocenters. The van der Waals surface area contributed by atoms with E-state index in [0.717, 1.165) is 42.6 Å². The van der Waals surface area contributed by atoms with Gasteiger partial charge in [-0.2, -0.15) is 0 Å². The molecule has 0 aliphatic carbocycles. The van der Waals surface area contributed by atoms with E-state index in [0.29, 0.717) is 5.41 Å². The van der Waals surface area contributed by atoms with Gasteiger partial charge in [-0.1, -0.05) is 12.1 Å². The second-order valence-electron chi connectivity index (χ2n) is 5.38. The summed E-state index contributed by atoms with van der Waals surface area (Å²) >= 11 is 3.46. The summed E-state index contributed by atoms with van der Waals surface area (Å²) in [5.41, 5.74) is 1.12. The number of hydrogen-bond donors (Lipinski definition) is 1. The third-order valence-electron chi connectivity index (χ3n) is 4.16. The van der Waals surface area contributed by atoms with Gasteiger partial charge in [0.15, 0.2) is 0 Å². The third kappa shape index (κ3) is 2.08. The van der Waals surface area contributed by atoms with E-state index >= 15 is 0 Å². The lowest BCUT2D eigenvalue weighted by Crippen LogP contribution is -2.33. The Morgan fingerprint density at radius 1 is 1.33 bits per heavy atom. The molecular weight excluding hydrogens is 292 g/mol. The molecule has 3 nitrogen and oxygen atoms in total. The zero-order valence-electron chi connectivity index (χ0n) is 10.3. The number of carbonyl (C=O) groups excluding carboxylic acids is 1. The number of nitrogens with one attached hydrogen (secondary N) is 1. The first-order valence-electron chi connectivity index (χ1n) is 6.45. The number of likely N-dealkylation sites (tertiary alicyclic amines) is 1. The summed E-state index contributed by atoms with van der Waals surface area (Å²) in [6.07, 6.45) is 2.34. The second kappa shape index (κ2) is 4.67. The average molecular weight is 309 g/mol. The Morgan fingerprint density at radius 3 is 2.89 bits per heavy atom. The van der Waals surface area contributed by atoms with Gasteiger partial charge in [-0.25, -0.2) is 0 Å². The van der Waals surface area contributed by atoms with Gasteiger partial charge in [-0.05, 0) is 47.4 Å². The Kier molecular flexibility index (Phi) is 3.16.